The van der Waals surface area contributed by atoms with Crippen LogP contribution in [0.25, 0.3) is 0 Å². The number of halogens is 2. The third-order valence-corrected chi connectivity index (χ3v) is 2.22. The lowest BCUT2D eigenvalue weighted by molar-refractivity contribution is -0.157. The molecule has 1 saturated heterocycles. The highest BCUT2D eigenvalue weighted by Crippen LogP contribution is 2.15. The molecule has 0 aromatic carbocycles. The van der Waals surface area contributed by atoms with Crippen molar-refractivity contribution in [2.45, 2.75) is 51.0 Å². The summed E-state index contributed by atoms with van der Waals surface area (Å²) in [6.45, 7) is 5.59. The van der Waals surface area contributed by atoms with Gasteiger partial charge in [-0.2, -0.15) is 0 Å². The molecule has 0 radical (unpaired) electrons. The van der Waals surface area contributed by atoms with Gasteiger partial charge in [-0.1, -0.05) is 0 Å². The van der Waals surface area contributed by atoms with Gasteiger partial charge in [-0.05, 0) is 27.2 Å². The highest BCUT2D eigenvalue weighted by molar-refractivity contribution is 5.85. The molecule has 4 nitrogen and oxygen atoms in total. The average molecular weight is 255 g/mol. The first-order valence-electron chi connectivity index (χ1n) is 5.15. The first-order valence-corrected chi connectivity index (χ1v) is 5.15. The van der Waals surface area contributed by atoms with Crippen LogP contribution < -0.4 is 11.1 Å². The Morgan fingerprint density at radius 2 is 2.12 bits per heavy atom. The lowest BCUT2D eigenvalue weighted by Crippen LogP contribution is -2.49. The topological polar surface area (TPSA) is 64.3 Å². The van der Waals surface area contributed by atoms with E-state index in [2.05, 4.69) is 5.32 Å². The summed E-state index contributed by atoms with van der Waals surface area (Å²) >= 11 is 0. The molecule has 3 atom stereocenters. The van der Waals surface area contributed by atoms with Crippen LogP contribution in [0.3, 0.4) is 0 Å². The Morgan fingerprint density at radius 3 is 2.50 bits per heavy atom. The van der Waals surface area contributed by atoms with Gasteiger partial charge in [0.1, 0.15) is 17.8 Å². The normalized spacial score (nSPS) is 27.1. The standard InChI is InChI=1S/C10H19FN2O2.ClH/c1-10(2,3)15-9(14)8(12)7-4-6(11)5-13-7;/h6-8,13H,4-5,12H2,1-3H3;1H/t6-,7+,8?;/m0./s1. The van der Waals surface area contributed by atoms with Crippen molar-refractivity contribution >= 4 is 18.4 Å². The largest absolute Gasteiger partial charge is 0.459 e. The molecule has 1 heterocycles. The predicted octanol–water partition coefficient (Wildman–Crippen LogP) is 0.777. The Labute approximate surface area is 102 Å². The van der Waals surface area contributed by atoms with Crippen LogP contribution in [0.15, 0.2) is 0 Å². The maximum Gasteiger partial charge on any atom is 0.325 e. The number of nitrogens with two attached hydrogens (primary N) is 1. The van der Waals surface area contributed by atoms with E-state index in [1.165, 1.54) is 0 Å². The van der Waals surface area contributed by atoms with Crippen molar-refractivity contribution in [3.63, 3.8) is 0 Å². The highest BCUT2D eigenvalue weighted by Gasteiger charge is 2.34. The minimum Gasteiger partial charge on any atom is -0.459 e. The van der Waals surface area contributed by atoms with Crippen molar-refractivity contribution in [3.05, 3.63) is 0 Å². The second-order valence-corrected chi connectivity index (χ2v) is 4.91. The molecule has 0 bridgehead atoms. The third kappa shape index (κ3) is 4.63. The predicted molar refractivity (Wildman–Crippen MR) is 62.4 cm³/mol. The molecule has 16 heavy (non-hydrogen) atoms. The molecule has 0 aliphatic carbocycles. The molecule has 1 unspecified atom stereocenters. The average Bonchev–Trinajstić information content (AvgIpc) is 2.47. The Morgan fingerprint density at radius 1 is 1.56 bits per heavy atom. The molecule has 1 aliphatic rings. The lowest BCUT2D eigenvalue weighted by Gasteiger charge is -2.24. The molecule has 6 heteroatoms. The molecule has 0 spiro atoms. The first kappa shape index (κ1) is 15.6. The molecule has 1 rings (SSSR count). The van der Waals surface area contributed by atoms with Crippen molar-refractivity contribution in [1.29, 1.82) is 0 Å². The molecule has 1 fully saturated rings. The van der Waals surface area contributed by atoms with Gasteiger partial charge < -0.3 is 15.8 Å². The highest BCUT2D eigenvalue weighted by atomic mass is 35.5. The second-order valence-electron chi connectivity index (χ2n) is 4.91. The van der Waals surface area contributed by atoms with Gasteiger partial charge in [0, 0.05) is 12.6 Å². The fourth-order valence-corrected chi connectivity index (χ4v) is 1.53. The van der Waals surface area contributed by atoms with E-state index in [9.17, 15) is 9.18 Å². The maximum atomic E-state index is 12.9. The summed E-state index contributed by atoms with van der Waals surface area (Å²) < 4.78 is 18.0. The summed E-state index contributed by atoms with van der Waals surface area (Å²) in [5.74, 6) is -0.478. The quantitative estimate of drug-likeness (QED) is 0.715. The number of hydrogen-bond acceptors (Lipinski definition) is 4. The monoisotopic (exact) mass is 254 g/mol. The zero-order chi connectivity index (χ0) is 11.6. The maximum absolute atomic E-state index is 12.9. The number of carbonyl (C=O) groups is 1. The summed E-state index contributed by atoms with van der Waals surface area (Å²) in [4.78, 5) is 11.5. The molecule has 0 saturated carbocycles. The number of esters is 1. The van der Waals surface area contributed by atoms with Gasteiger partial charge in [0.2, 0.25) is 0 Å². The second kappa shape index (κ2) is 5.80. The van der Waals surface area contributed by atoms with E-state index in [-0.39, 0.29) is 31.4 Å². The fourth-order valence-electron chi connectivity index (χ4n) is 1.53. The van der Waals surface area contributed by atoms with Crippen LogP contribution in [-0.4, -0.2) is 36.4 Å². The van der Waals surface area contributed by atoms with Gasteiger partial charge in [0.15, 0.2) is 0 Å². The summed E-state index contributed by atoms with van der Waals surface area (Å²) in [7, 11) is 0. The summed E-state index contributed by atoms with van der Waals surface area (Å²) in [5, 5.41) is 2.87. The molecule has 0 aromatic rings. The van der Waals surface area contributed by atoms with Gasteiger partial charge in [-0.25, -0.2) is 4.39 Å². The number of hydrogen-bond donors (Lipinski definition) is 2. The molecule has 1 aliphatic heterocycles. The van der Waals surface area contributed by atoms with E-state index in [0.717, 1.165) is 0 Å². The van der Waals surface area contributed by atoms with E-state index in [1.54, 1.807) is 20.8 Å². The zero-order valence-corrected chi connectivity index (χ0v) is 10.6. The van der Waals surface area contributed by atoms with E-state index in [1.807, 2.05) is 0 Å². The van der Waals surface area contributed by atoms with Gasteiger partial charge >= 0.3 is 5.97 Å². The van der Waals surface area contributed by atoms with E-state index >= 15 is 0 Å². The summed E-state index contributed by atoms with van der Waals surface area (Å²) in [5.41, 5.74) is 5.14. The number of alkyl halides is 1. The summed E-state index contributed by atoms with van der Waals surface area (Å²) in [6.07, 6.45) is -0.635. The van der Waals surface area contributed by atoms with Crippen LogP contribution in [0, 0.1) is 0 Å². The molecule has 96 valence electrons. The van der Waals surface area contributed by atoms with Crippen LogP contribution in [0.2, 0.25) is 0 Å². The van der Waals surface area contributed by atoms with Crippen molar-refractivity contribution in [3.8, 4) is 0 Å². The number of nitrogens with one attached hydrogen (secondary N) is 1. The fraction of sp³-hybridized carbons (Fsp3) is 0.900. The third-order valence-electron chi connectivity index (χ3n) is 2.22. The van der Waals surface area contributed by atoms with Crippen molar-refractivity contribution in [2.24, 2.45) is 5.73 Å². The Hall–Kier alpha value is -0.390. The van der Waals surface area contributed by atoms with Crippen LogP contribution in [-0.2, 0) is 9.53 Å². The van der Waals surface area contributed by atoms with Gasteiger partial charge in [0.25, 0.3) is 0 Å². The van der Waals surface area contributed by atoms with Crippen molar-refractivity contribution in [1.82, 2.24) is 5.32 Å². The summed E-state index contributed by atoms with van der Waals surface area (Å²) in [6, 6.07) is -1.10. The molecule has 0 amide bonds. The van der Waals surface area contributed by atoms with E-state index < -0.39 is 23.8 Å². The van der Waals surface area contributed by atoms with Crippen molar-refractivity contribution in [2.75, 3.05) is 6.54 Å². The minimum absolute atomic E-state index is 0. The van der Waals surface area contributed by atoms with Crippen LogP contribution in [0.1, 0.15) is 27.2 Å². The van der Waals surface area contributed by atoms with Crippen molar-refractivity contribution < 1.29 is 13.9 Å². The Bertz CT molecular complexity index is 245. The smallest absolute Gasteiger partial charge is 0.325 e. The van der Waals surface area contributed by atoms with Crippen LogP contribution in [0.4, 0.5) is 4.39 Å². The lowest BCUT2D eigenvalue weighted by atomic mass is 10.1. The Kier molecular flexibility index (Phi) is 5.65. The minimum atomic E-state index is -0.913. The van der Waals surface area contributed by atoms with Gasteiger partial charge in [0.05, 0.1) is 0 Å². The van der Waals surface area contributed by atoms with Gasteiger partial charge in [-0.3, -0.25) is 4.79 Å². The van der Waals surface area contributed by atoms with E-state index in [4.69, 9.17) is 10.5 Å². The number of carbonyl (C=O) groups excluding carboxylic acids is 1. The van der Waals surface area contributed by atoms with Crippen LogP contribution in [0.5, 0.6) is 0 Å². The molecule has 0 aromatic heterocycles. The zero-order valence-electron chi connectivity index (χ0n) is 9.83. The SMILES string of the molecule is CC(C)(C)OC(=O)C(N)[C@H]1C[C@H](F)CN1.Cl. The Balaban J connectivity index is 0.00000225. The first-order chi connectivity index (χ1) is 6.79. The molecular formula is C10H20ClFN2O2. The van der Waals surface area contributed by atoms with Gasteiger partial charge in [-0.15, -0.1) is 12.4 Å². The number of rotatable bonds is 2. The molecular weight excluding hydrogens is 235 g/mol. The number of ether oxygens (including phenoxy) is 1. The van der Waals surface area contributed by atoms with E-state index in [0.29, 0.717) is 0 Å². The van der Waals surface area contributed by atoms with Crippen LogP contribution >= 0.6 is 12.4 Å². The molecule has 3 N–H and O–H groups in total.